The van der Waals surface area contributed by atoms with Crippen molar-refractivity contribution in [2.24, 2.45) is 11.8 Å². The highest BCUT2D eigenvalue weighted by molar-refractivity contribution is 5.22. The molecule has 1 aliphatic rings. The molecule has 0 amide bonds. The Morgan fingerprint density at radius 1 is 1.47 bits per heavy atom. The predicted molar refractivity (Wildman–Crippen MR) is 61.7 cm³/mol. The molecular weight excluding hydrogens is 186 g/mol. The van der Waals surface area contributed by atoms with E-state index in [4.69, 9.17) is 0 Å². The number of aryl methyl sites for hydroxylation is 2. The molecule has 1 heterocycles. The first-order valence-corrected chi connectivity index (χ1v) is 5.89. The van der Waals surface area contributed by atoms with E-state index in [1.54, 1.807) is 0 Å². The molecule has 1 aliphatic carbocycles. The third-order valence-corrected chi connectivity index (χ3v) is 3.48. The topological polar surface area (TPSA) is 40.7 Å². The van der Waals surface area contributed by atoms with Gasteiger partial charge in [0.1, 0.15) is 0 Å². The second-order valence-corrected chi connectivity index (χ2v) is 4.86. The van der Waals surface area contributed by atoms with E-state index < -0.39 is 0 Å². The van der Waals surface area contributed by atoms with Crippen molar-refractivity contribution in [3.63, 3.8) is 0 Å². The fraction of sp³-hybridized carbons (Fsp3) is 0.750. The zero-order chi connectivity index (χ0) is 10.8. The van der Waals surface area contributed by atoms with E-state index in [0.717, 1.165) is 30.6 Å². The van der Waals surface area contributed by atoms with Crippen LogP contribution in [0.15, 0.2) is 0 Å². The van der Waals surface area contributed by atoms with Crippen LogP contribution in [0.25, 0.3) is 0 Å². The number of aromatic amines is 1. The third kappa shape index (κ3) is 2.59. The highest BCUT2D eigenvalue weighted by Crippen LogP contribution is 2.36. The number of rotatable bonds is 5. The van der Waals surface area contributed by atoms with E-state index >= 15 is 0 Å². The molecule has 2 N–H and O–H groups in total. The Kier molecular flexibility index (Phi) is 3.10. The molecule has 0 aromatic carbocycles. The lowest BCUT2D eigenvalue weighted by Crippen LogP contribution is -2.22. The summed E-state index contributed by atoms with van der Waals surface area (Å²) < 4.78 is 0. The minimum atomic E-state index is 0.831. The van der Waals surface area contributed by atoms with Crippen LogP contribution in [0.1, 0.15) is 36.7 Å². The quantitative estimate of drug-likeness (QED) is 0.777. The Morgan fingerprint density at radius 3 is 2.73 bits per heavy atom. The van der Waals surface area contributed by atoms with E-state index in [2.05, 4.69) is 36.3 Å². The normalized spacial score (nSPS) is 18.1. The van der Waals surface area contributed by atoms with Gasteiger partial charge in [0, 0.05) is 17.8 Å². The lowest BCUT2D eigenvalue weighted by atomic mass is 10.1. The van der Waals surface area contributed by atoms with Crippen LogP contribution < -0.4 is 5.32 Å². The Labute approximate surface area is 91.7 Å². The van der Waals surface area contributed by atoms with Crippen molar-refractivity contribution in [3.05, 3.63) is 17.0 Å². The van der Waals surface area contributed by atoms with Gasteiger partial charge in [-0.25, -0.2) is 0 Å². The highest BCUT2D eigenvalue weighted by Gasteiger charge is 2.27. The molecule has 84 valence electrons. The van der Waals surface area contributed by atoms with Gasteiger partial charge in [-0.15, -0.1) is 0 Å². The van der Waals surface area contributed by atoms with Gasteiger partial charge in [-0.3, -0.25) is 5.10 Å². The van der Waals surface area contributed by atoms with Gasteiger partial charge in [0.2, 0.25) is 0 Å². The molecule has 1 aromatic heterocycles. The Morgan fingerprint density at radius 2 is 2.20 bits per heavy atom. The van der Waals surface area contributed by atoms with Crippen molar-refractivity contribution in [3.8, 4) is 0 Å². The van der Waals surface area contributed by atoms with Crippen LogP contribution >= 0.6 is 0 Å². The molecule has 1 saturated carbocycles. The fourth-order valence-electron chi connectivity index (χ4n) is 2.09. The molecule has 2 rings (SSSR count). The summed E-state index contributed by atoms with van der Waals surface area (Å²) in [6.45, 7) is 8.58. The number of hydrogen-bond donors (Lipinski definition) is 2. The summed E-state index contributed by atoms with van der Waals surface area (Å²) in [4.78, 5) is 0. The summed E-state index contributed by atoms with van der Waals surface area (Å²) >= 11 is 0. The molecule has 0 spiro atoms. The summed E-state index contributed by atoms with van der Waals surface area (Å²) in [7, 11) is 0. The van der Waals surface area contributed by atoms with E-state index in [-0.39, 0.29) is 0 Å². The Balaban J connectivity index is 1.77. The molecular formula is C12H21N3. The first kappa shape index (κ1) is 10.7. The lowest BCUT2D eigenvalue weighted by Gasteiger charge is -2.11. The van der Waals surface area contributed by atoms with Crippen LogP contribution in [0.4, 0.5) is 0 Å². The molecule has 0 bridgehead atoms. The SMILES string of the molecule is Cc1n[nH]c(C)c1CNCC(C)C1CC1. The molecule has 0 radical (unpaired) electrons. The van der Waals surface area contributed by atoms with Crippen LogP contribution in [-0.4, -0.2) is 16.7 Å². The second kappa shape index (κ2) is 4.35. The number of H-pyrrole nitrogens is 1. The Hall–Kier alpha value is -0.830. The summed E-state index contributed by atoms with van der Waals surface area (Å²) in [5.41, 5.74) is 3.65. The van der Waals surface area contributed by atoms with Crippen LogP contribution in [0.3, 0.4) is 0 Å². The molecule has 15 heavy (non-hydrogen) atoms. The second-order valence-electron chi connectivity index (χ2n) is 4.86. The molecule has 1 atom stereocenters. The van der Waals surface area contributed by atoms with Gasteiger partial charge >= 0.3 is 0 Å². The molecule has 1 fully saturated rings. The zero-order valence-corrected chi connectivity index (χ0v) is 9.93. The van der Waals surface area contributed by atoms with E-state index in [9.17, 15) is 0 Å². The fourth-order valence-corrected chi connectivity index (χ4v) is 2.09. The standard InChI is InChI=1S/C12H21N3/c1-8(11-4-5-11)6-13-7-12-9(2)14-15-10(12)3/h8,11,13H,4-7H2,1-3H3,(H,14,15). The van der Waals surface area contributed by atoms with Gasteiger partial charge in [-0.2, -0.15) is 5.10 Å². The van der Waals surface area contributed by atoms with Gasteiger partial charge in [-0.1, -0.05) is 6.92 Å². The first-order valence-electron chi connectivity index (χ1n) is 5.89. The van der Waals surface area contributed by atoms with E-state index in [1.807, 2.05) is 0 Å². The van der Waals surface area contributed by atoms with Crippen molar-refractivity contribution in [1.82, 2.24) is 15.5 Å². The molecule has 3 heteroatoms. The van der Waals surface area contributed by atoms with Crippen molar-refractivity contribution in [2.45, 2.75) is 40.2 Å². The molecule has 1 aromatic rings. The van der Waals surface area contributed by atoms with Crippen molar-refractivity contribution >= 4 is 0 Å². The maximum Gasteiger partial charge on any atom is 0.0638 e. The van der Waals surface area contributed by atoms with Crippen LogP contribution in [0.2, 0.25) is 0 Å². The van der Waals surface area contributed by atoms with Gasteiger partial charge < -0.3 is 5.32 Å². The number of nitrogens with one attached hydrogen (secondary N) is 2. The van der Waals surface area contributed by atoms with Crippen molar-refractivity contribution in [2.75, 3.05) is 6.54 Å². The molecule has 3 nitrogen and oxygen atoms in total. The zero-order valence-electron chi connectivity index (χ0n) is 9.93. The Bertz CT molecular complexity index is 306. The summed E-state index contributed by atoms with van der Waals surface area (Å²) in [5, 5.41) is 10.7. The van der Waals surface area contributed by atoms with Crippen molar-refractivity contribution in [1.29, 1.82) is 0 Å². The van der Waals surface area contributed by atoms with Crippen molar-refractivity contribution < 1.29 is 0 Å². The maximum atomic E-state index is 4.20. The monoisotopic (exact) mass is 207 g/mol. The van der Waals surface area contributed by atoms with Crippen LogP contribution in [0, 0.1) is 25.7 Å². The number of nitrogens with zero attached hydrogens (tertiary/aromatic N) is 1. The van der Waals surface area contributed by atoms with Gasteiger partial charge in [0.05, 0.1) is 5.69 Å². The number of hydrogen-bond acceptors (Lipinski definition) is 2. The lowest BCUT2D eigenvalue weighted by molar-refractivity contribution is 0.461. The predicted octanol–water partition coefficient (Wildman–Crippen LogP) is 2.16. The molecule has 0 aliphatic heterocycles. The average molecular weight is 207 g/mol. The number of aromatic nitrogens is 2. The summed E-state index contributed by atoms with van der Waals surface area (Å²) in [6.07, 6.45) is 2.87. The van der Waals surface area contributed by atoms with Gasteiger partial charge in [-0.05, 0) is 45.1 Å². The average Bonchev–Trinajstić information content (AvgIpc) is 2.99. The van der Waals surface area contributed by atoms with Crippen LogP contribution in [-0.2, 0) is 6.54 Å². The summed E-state index contributed by atoms with van der Waals surface area (Å²) in [6, 6.07) is 0. The molecule has 1 unspecified atom stereocenters. The highest BCUT2D eigenvalue weighted by atomic mass is 15.1. The largest absolute Gasteiger partial charge is 0.312 e. The first-order chi connectivity index (χ1) is 7.18. The van der Waals surface area contributed by atoms with E-state index in [1.165, 1.54) is 24.1 Å². The summed E-state index contributed by atoms with van der Waals surface area (Å²) in [5.74, 6) is 1.82. The smallest absolute Gasteiger partial charge is 0.0638 e. The van der Waals surface area contributed by atoms with Crippen LogP contribution in [0.5, 0.6) is 0 Å². The minimum Gasteiger partial charge on any atom is -0.312 e. The minimum absolute atomic E-state index is 0.831. The molecule has 0 saturated heterocycles. The third-order valence-electron chi connectivity index (χ3n) is 3.48. The van der Waals surface area contributed by atoms with Gasteiger partial charge in [0.15, 0.2) is 0 Å². The maximum absolute atomic E-state index is 4.20. The van der Waals surface area contributed by atoms with E-state index in [0.29, 0.717) is 0 Å². The van der Waals surface area contributed by atoms with Gasteiger partial charge in [0.25, 0.3) is 0 Å².